The zero-order valence-corrected chi connectivity index (χ0v) is 17.4. The van der Waals surface area contributed by atoms with Crippen LogP contribution in [0, 0.1) is 0 Å². The summed E-state index contributed by atoms with van der Waals surface area (Å²) in [5.41, 5.74) is 2.15. The SMILES string of the molecule is Cl.OCCCCCNCc1c(OCc2ccccc2Cl)ccc2ccccc12. The predicted molar refractivity (Wildman–Crippen MR) is 120 cm³/mol. The molecule has 0 fully saturated rings. The highest BCUT2D eigenvalue weighted by molar-refractivity contribution is 6.31. The molecule has 0 radical (unpaired) electrons. The number of hydrogen-bond donors (Lipinski definition) is 2. The number of hydrogen-bond acceptors (Lipinski definition) is 3. The summed E-state index contributed by atoms with van der Waals surface area (Å²) < 4.78 is 6.15. The van der Waals surface area contributed by atoms with Gasteiger partial charge in [0.25, 0.3) is 0 Å². The van der Waals surface area contributed by atoms with Gasteiger partial charge >= 0.3 is 0 Å². The Kier molecular flexibility index (Phi) is 9.59. The molecule has 150 valence electrons. The van der Waals surface area contributed by atoms with E-state index in [1.54, 1.807) is 0 Å². The molecule has 0 atom stereocenters. The number of rotatable bonds is 10. The first-order chi connectivity index (χ1) is 13.3. The summed E-state index contributed by atoms with van der Waals surface area (Å²) in [6.07, 6.45) is 2.96. The molecule has 0 unspecified atom stereocenters. The lowest BCUT2D eigenvalue weighted by molar-refractivity contribution is 0.282. The van der Waals surface area contributed by atoms with E-state index in [2.05, 4.69) is 35.6 Å². The lowest BCUT2D eigenvalue weighted by atomic mass is 10.0. The number of unbranched alkanes of at least 4 members (excludes halogenated alkanes) is 2. The van der Waals surface area contributed by atoms with Crippen molar-refractivity contribution < 1.29 is 9.84 Å². The fourth-order valence-corrected chi connectivity index (χ4v) is 3.35. The summed E-state index contributed by atoms with van der Waals surface area (Å²) in [5, 5.41) is 15.5. The highest BCUT2D eigenvalue weighted by atomic mass is 35.5. The maximum Gasteiger partial charge on any atom is 0.124 e. The van der Waals surface area contributed by atoms with Gasteiger partial charge in [-0.1, -0.05) is 60.1 Å². The van der Waals surface area contributed by atoms with E-state index >= 15 is 0 Å². The third-order valence-corrected chi connectivity index (χ3v) is 5.02. The highest BCUT2D eigenvalue weighted by Gasteiger charge is 2.10. The second kappa shape index (κ2) is 11.9. The summed E-state index contributed by atoms with van der Waals surface area (Å²) in [7, 11) is 0. The maximum atomic E-state index is 8.88. The molecule has 0 spiro atoms. The van der Waals surface area contributed by atoms with E-state index in [0.29, 0.717) is 6.61 Å². The van der Waals surface area contributed by atoms with Gasteiger partial charge in [-0.2, -0.15) is 0 Å². The fraction of sp³-hybridized carbons (Fsp3) is 0.304. The van der Waals surface area contributed by atoms with E-state index in [1.807, 2.05) is 30.3 Å². The Balaban J connectivity index is 0.00000280. The Labute approximate surface area is 178 Å². The molecular weight excluding hydrogens is 393 g/mol. The minimum Gasteiger partial charge on any atom is -0.488 e. The highest BCUT2D eigenvalue weighted by Crippen LogP contribution is 2.29. The lowest BCUT2D eigenvalue weighted by Gasteiger charge is -2.16. The minimum atomic E-state index is 0. The number of fused-ring (bicyclic) bond motifs is 1. The molecule has 0 heterocycles. The molecule has 0 aliphatic rings. The molecule has 0 saturated heterocycles. The number of benzene rings is 3. The summed E-state index contributed by atoms with van der Waals surface area (Å²) in [6.45, 7) is 2.39. The smallest absolute Gasteiger partial charge is 0.124 e. The molecule has 0 saturated carbocycles. The van der Waals surface area contributed by atoms with Gasteiger partial charge < -0.3 is 15.2 Å². The average molecular weight is 420 g/mol. The van der Waals surface area contributed by atoms with Crippen LogP contribution in [0.3, 0.4) is 0 Å². The molecule has 5 heteroatoms. The Morgan fingerprint density at radius 1 is 0.893 bits per heavy atom. The van der Waals surface area contributed by atoms with Gasteiger partial charge in [0.1, 0.15) is 12.4 Å². The summed E-state index contributed by atoms with van der Waals surface area (Å²) in [4.78, 5) is 0. The summed E-state index contributed by atoms with van der Waals surface area (Å²) in [6, 6.07) is 20.3. The number of aliphatic hydroxyl groups is 1. The van der Waals surface area contributed by atoms with Crippen molar-refractivity contribution in [2.24, 2.45) is 0 Å². The van der Waals surface area contributed by atoms with Crippen molar-refractivity contribution in [3.63, 3.8) is 0 Å². The van der Waals surface area contributed by atoms with Crippen LogP contribution in [0.25, 0.3) is 10.8 Å². The Morgan fingerprint density at radius 3 is 2.50 bits per heavy atom. The van der Waals surface area contributed by atoms with E-state index in [4.69, 9.17) is 21.4 Å². The second-order valence-corrected chi connectivity index (χ2v) is 7.01. The average Bonchev–Trinajstić information content (AvgIpc) is 2.70. The monoisotopic (exact) mass is 419 g/mol. The van der Waals surface area contributed by atoms with Crippen molar-refractivity contribution in [2.75, 3.05) is 13.2 Å². The quantitative estimate of drug-likeness (QED) is 0.411. The first-order valence-corrected chi connectivity index (χ1v) is 9.86. The largest absolute Gasteiger partial charge is 0.488 e. The Bertz CT molecular complexity index is 870. The molecule has 28 heavy (non-hydrogen) atoms. The first-order valence-electron chi connectivity index (χ1n) is 9.48. The molecule has 3 nitrogen and oxygen atoms in total. The van der Waals surface area contributed by atoms with Gasteiger partial charge in [-0.15, -0.1) is 12.4 Å². The van der Waals surface area contributed by atoms with Gasteiger partial charge in [-0.05, 0) is 48.7 Å². The van der Waals surface area contributed by atoms with Crippen LogP contribution in [0.15, 0.2) is 60.7 Å². The molecule has 3 rings (SSSR count). The van der Waals surface area contributed by atoms with Crippen LogP contribution in [0.1, 0.15) is 30.4 Å². The van der Waals surface area contributed by atoms with E-state index < -0.39 is 0 Å². The Morgan fingerprint density at radius 2 is 1.68 bits per heavy atom. The number of halogens is 2. The standard InChI is InChI=1S/C23H26ClNO2.ClH/c24-22-11-5-3-9-19(22)17-27-23-13-12-18-8-2-4-10-20(18)21(23)16-25-14-6-1-7-15-26;/h2-5,8-13,25-26H,1,6-7,14-17H2;1H. The topological polar surface area (TPSA) is 41.5 Å². The lowest BCUT2D eigenvalue weighted by Crippen LogP contribution is -2.16. The van der Waals surface area contributed by atoms with Crippen LogP contribution in [0.5, 0.6) is 5.75 Å². The van der Waals surface area contributed by atoms with Crippen molar-refractivity contribution in [3.8, 4) is 5.75 Å². The Hall–Kier alpha value is -1.78. The van der Waals surface area contributed by atoms with E-state index in [0.717, 1.165) is 48.7 Å². The first kappa shape index (κ1) is 22.5. The van der Waals surface area contributed by atoms with Crippen molar-refractivity contribution >= 4 is 34.8 Å². The second-order valence-electron chi connectivity index (χ2n) is 6.60. The number of aliphatic hydroxyl groups excluding tert-OH is 1. The minimum absolute atomic E-state index is 0. The van der Waals surface area contributed by atoms with Crippen LogP contribution >= 0.6 is 24.0 Å². The van der Waals surface area contributed by atoms with E-state index in [1.165, 1.54) is 16.3 Å². The molecule has 0 amide bonds. The molecule has 0 aromatic heterocycles. The normalized spacial score (nSPS) is 10.6. The van der Waals surface area contributed by atoms with Crippen molar-refractivity contribution in [3.05, 3.63) is 76.8 Å². The molecule has 0 aliphatic heterocycles. The van der Waals surface area contributed by atoms with Gasteiger partial charge in [0, 0.05) is 29.3 Å². The van der Waals surface area contributed by atoms with Gasteiger partial charge in [-0.3, -0.25) is 0 Å². The summed E-state index contributed by atoms with van der Waals surface area (Å²) >= 11 is 6.26. The van der Waals surface area contributed by atoms with Crippen LogP contribution in [0.2, 0.25) is 5.02 Å². The zero-order chi connectivity index (χ0) is 18.9. The van der Waals surface area contributed by atoms with Crippen LogP contribution < -0.4 is 10.1 Å². The van der Waals surface area contributed by atoms with Gasteiger partial charge in [0.15, 0.2) is 0 Å². The fourth-order valence-electron chi connectivity index (χ4n) is 3.16. The summed E-state index contributed by atoms with van der Waals surface area (Å²) in [5.74, 6) is 0.886. The van der Waals surface area contributed by atoms with Gasteiger partial charge in [-0.25, -0.2) is 0 Å². The van der Waals surface area contributed by atoms with Crippen molar-refractivity contribution in [1.29, 1.82) is 0 Å². The molecule has 0 bridgehead atoms. The van der Waals surface area contributed by atoms with Crippen molar-refractivity contribution in [2.45, 2.75) is 32.4 Å². The molecule has 3 aromatic rings. The van der Waals surface area contributed by atoms with Crippen LogP contribution in [-0.4, -0.2) is 18.3 Å². The van der Waals surface area contributed by atoms with Crippen LogP contribution in [-0.2, 0) is 13.2 Å². The molecule has 0 aliphatic carbocycles. The third kappa shape index (κ3) is 6.11. The van der Waals surface area contributed by atoms with E-state index in [9.17, 15) is 0 Å². The predicted octanol–water partition coefficient (Wildman–Crippen LogP) is 5.75. The van der Waals surface area contributed by atoms with Gasteiger partial charge in [0.2, 0.25) is 0 Å². The molecule has 3 aromatic carbocycles. The number of nitrogens with one attached hydrogen (secondary N) is 1. The van der Waals surface area contributed by atoms with Crippen LogP contribution in [0.4, 0.5) is 0 Å². The third-order valence-electron chi connectivity index (χ3n) is 4.65. The van der Waals surface area contributed by atoms with E-state index in [-0.39, 0.29) is 19.0 Å². The zero-order valence-electron chi connectivity index (χ0n) is 15.9. The number of ether oxygens (including phenoxy) is 1. The van der Waals surface area contributed by atoms with Crippen molar-refractivity contribution in [1.82, 2.24) is 5.32 Å². The molecular formula is C23H27Cl2NO2. The van der Waals surface area contributed by atoms with Gasteiger partial charge in [0.05, 0.1) is 0 Å². The maximum absolute atomic E-state index is 8.88. The molecule has 2 N–H and O–H groups in total.